The molecule has 0 aliphatic carbocycles. The van der Waals surface area contributed by atoms with Crippen molar-refractivity contribution in [1.29, 1.82) is 0 Å². The number of hydrogen-bond donors (Lipinski definition) is 1. The van der Waals surface area contributed by atoms with Gasteiger partial charge in [-0.2, -0.15) is 0 Å². The molecule has 0 spiro atoms. The Bertz CT molecular complexity index is 1430. The molecule has 1 aromatic heterocycles. The number of esters is 1. The van der Waals surface area contributed by atoms with Gasteiger partial charge in [0.2, 0.25) is 0 Å². The quantitative estimate of drug-likeness (QED) is 0.516. The van der Waals surface area contributed by atoms with Crippen molar-refractivity contribution in [2.75, 3.05) is 6.61 Å². The summed E-state index contributed by atoms with van der Waals surface area (Å²) < 4.78 is 7.55. The smallest absolute Gasteiger partial charge is 0.338 e. The van der Waals surface area contributed by atoms with E-state index in [1.165, 1.54) is 15.9 Å². The third-order valence-electron chi connectivity index (χ3n) is 4.98. The highest BCUT2D eigenvalue weighted by Gasteiger charge is 2.33. The number of phenolic OH excluding ortho intramolecular Hbond substituents is 1. The van der Waals surface area contributed by atoms with Crippen LogP contribution in [0.1, 0.15) is 31.0 Å². The number of hydrogen-bond acceptors (Lipinski definition) is 6. The van der Waals surface area contributed by atoms with Crippen LogP contribution in [-0.4, -0.2) is 22.2 Å². The van der Waals surface area contributed by atoms with Crippen LogP contribution in [-0.2, 0) is 9.53 Å². The topological polar surface area (TPSA) is 80.9 Å². The number of fused-ring (bicyclic) bond motifs is 1. The van der Waals surface area contributed by atoms with E-state index in [1.54, 1.807) is 32.1 Å². The minimum atomic E-state index is -0.673. The van der Waals surface area contributed by atoms with Crippen LogP contribution >= 0.6 is 38.9 Å². The molecule has 2 aromatic carbocycles. The van der Waals surface area contributed by atoms with E-state index in [-0.39, 0.29) is 17.9 Å². The van der Waals surface area contributed by atoms with E-state index in [2.05, 4.69) is 20.9 Å². The average molecular weight is 534 g/mol. The van der Waals surface area contributed by atoms with Gasteiger partial charge in [-0.25, -0.2) is 9.79 Å². The monoisotopic (exact) mass is 532 g/mol. The van der Waals surface area contributed by atoms with Crippen molar-refractivity contribution in [3.05, 3.63) is 94.0 Å². The number of halogens is 2. The molecular weight excluding hydrogens is 516 g/mol. The Hall–Kier alpha value is -2.68. The number of rotatable bonds is 4. The molecule has 1 atom stereocenters. The fourth-order valence-corrected chi connectivity index (χ4v) is 5.45. The van der Waals surface area contributed by atoms with Gasteiger partial charge in [-0.1, -0.05) is 53.3 Å². The third kappa shape index (κ3) is 4.05. The van der Waals surface area contributed by atoms with Crippen molar-refractivity contribution in [3.63, 3.8) is 0 Å². The van der Waals surface area contributed by atoms with Crippen LogP contribution in [0.4, 0.5) is 0 Å². The number of nitrogens with zero attached hydrogens (tertiary/aromatic N) is 2. The van der Waals surface area contributed by atoms with Crippen molar-refractivity contribution in [2.45, 2.75) is 19.9 Å². The van der Waals surface area contributed by atoms with Gasteiger partial charge in [0.15, 0.2) is 4.80 Å². The number of benzene rings is 2. The highest BCUT2D eigenvalue weighted by molar-refractivity contribution is 9.10. The minimum Gasteiger partial charge on any atom is -0.506 e. The third-order valence-corrected chi connectivity index (χ3v) is 6.78. The predicted molar refractivity (Wildman–Crippen MR) is 128 cm³/mol. The molecule has 0 saturated carbocycles. The second kappa shape index (κ2) is 9.05. The highest BCUT2D eigenvalue weighted by Crippen LogP contribution is 2.32. The van der Waals surface area contributed by atoms with E-state index >= 15 is 0 Å². The minimum absolute atomic E-state index is 0.0248. The van der Waals surface area contributed by atoms with Crippen molar-refractivity contribution >= 4 is 50.9 Å². The molecule has 0 radical (unpaired) electrons. The van der Waals surface area contributed by atoms with Gasteiger partial charge in [0.25, 0.3) is 5.56 Å². The lowest BCUT2D eigenvalue weighted by molar-refractivity contribution is -0.139. The summed E-state index contributed by atoms with van der Waals surface area (Å²) in [5.74, 6) is -0.531. The van der Waals surface area contributed by atoms with Gasteiger partial charge in [-0.15, -0.1) is 0 Å². The molecule has 0 unspecified atom stereocenters. The first-order valence-electron chi connectivity index (χ1n) is 9.74. The van der Waals surface area contributed by atoms with E-state index in [9.17, 15) is 14.7 Å². The van der Waals surface area contributed by atoms with Gasteiger partial charge in [0.1, 0.15) is 5.75 Å². The van der Waals surface area contributed by atoms with Crippen molar-refractivity contribution in [3.8, 4) is 5.75 Å². The largest absolute Gasteiger partial charge is 0.506 e. The number of phenols is 1. The fraction of sp³-hybridized carbons (Fsp3) is 0.174. The van der Waals surface area contributed by atoms with E-state index in [4.69, 9.17) is 16.3 Å². The summed E-state index contributed by atoms with van der Waals surface area (Å²) in [4.78, 5) is 31.3. The zero-order valence-electron chi connectivity index (χ0n) is 17.1. The van der Waals surface area contributed by atoms with Gasteiger partial charge in [0.05, 0.1) is 32.9 Å². The van der Waals surface area contributed by atoms with Gasteiger partial charge in [-0.05, 0) is 53.5 Å². The van der Waals surface area contributed by atoms with Crippen LogP contribution in [0.2, 0.25) is 5.02 Å². The normalized spacial score (nSPS) is 16.0. The van der Waals surface area contributed by atoms with E-state index in [0.29, 0.717) is 35.7 Å². The molecule has 9 heteroatoms. The zero-order chi connectivity index (χ0) is 23.0. The fourth-order valence-electron chi connectivity index (χ4n) is 3.58. The first-order valence-corrected chi connectivity index (χ1v) is 11.7. The molecule has 0 saturated heterocycles. The zero-order valence-corrected chi connectivity index (χ0v) is 20.3. The van der Waals surface area contributed by atoms with Crippen molar-refractivity contribution in [1.82, 2.24) is 4.57 Å². The first-order chi connectivity index (χ1) is 15.3. The van der Waals surface area contributed by atoms with Crippen LogP contribution in [0.25, 0.3) is 6.08 Å². The molecule has 3 aromatic rings. The van der Waals surface area contributed by atoms with Crippen LogP contribution in [0.5, 0.6) is 5.75 Å². The van der Waals surface area contributed by atoms with Crippen LogP contribution in [0, 0.1) is 0 Å². The lowest BCUT2D eigenvalue weighted by Crippen LogP contribution is -2.39. The summed E-state index contributed by atoms with van der Waals surface area (Å²) in [5.41, 5.74) is 1.66. The Labute approximate surface area is 200 Å². The average Bonchev–Trinajstić information content (AvgIpc) is 3.06. The molecule has 1 N–H and O–H groups in total. The molecule has 6 nitrogen and oxygen atoms in total. The number of carbonyl (C=O) groups is 1. The van der Waals surface area contributed by atoms with E-state index < -0.39 is 12.0 Å². The lowest BCUT2D eigenvalue weighted by atomic mass is 9.96. The predicted octanol–water partition coefficient (Wildman–Crippen LogP) is 3.92. The summed E-state index contributed by atoms with van der Waals surface area (Å²) in [5, 5.41) is 10.8. The molecule has 1 aliphatic rings. The number of aromatic hydroxyl groups is 1. The summed E-state index contributed by atoms with van der Waals surface area (Å²) in [6, 6.07) is 11.8. The summed E-state index contributed by atoms with van der Waals surface area (Å²) in [6.45, 7) is 3.68. The molecule has 4 rings (SSSR count). The van der Waals surface area contributed by atoms with E-state index in [1.807, 2.05) is 30.3 Å². The van der Waals surface area contributed by atoms with Gasteiger partial charge < -0.3 is 9.84 Å². The van der Waals surface area contributed by atoms with Crippen molar-refractivity contribution in [2.24, 2.45) is 4.99 Å². The summed E-state index contributed by atoms with van der Waals surface area (Å²) in [6.07, 6.45) is 1.57. The molecule has 0 bridgehead atoms. The molecule has 1 aliphatic heterocycles. The molecule has 164 valence electrons. The van der Waals surface area contributed by atoms with Crippen LogP contribution in [0.15, 0.2) is 68.0 Å². The van der Waals surface area contributed by atoms with E-state index in [0.717, 1.165) is 5.56 Å². The molecule has 0 amide bonds. The number of ether oxygens (including phenoxy) is 1. The Balaban J connectivity index is 1.98. The Morgan fingerprint density at radius 2 is 2.06 bits per heavy atom. The maximum Gasteiger partial charge on any atom is 0.338 e. The number of aromatic nitrogens is 1. The molecule has 0 fully saturated rings. The summed E-state index contributed by atoms with van der Waals surface area (Å²) >= 11 is 10.6. The molecular formula is C23H18BrClN2O4S. The maximum absolute atomic E-state index is 13.5. The first kappa shape index (κ1) is 22.5. The Kier molecular flexibility index (Phi) is 6.37. The molecule has 2 heterocycles. The van der Waals surface area contributed by atoms with Gasteiger partial charge in [0, 0.05) is 10.6 Å². The van der Waals surface area contributed by atoms with Gasteiger partial charge >= 0.3 is 5.97 Å². The molecule has 32 heavy (non-hydrogen) atoms. The number of thiazole rings is 1. The highest BCUT2D eigenvalue weighted by atomic mass is 79.9. The maximum atomic E-state index is 13.5. The number of carbonyl (C=O) groups excluding carboxylic acids is 1. The lowest BCUT2D eigenvalue weighted by Gasteiger charge is -2.24. The number of allylic oxidation sites excluding steroid dienone is 1. The second-order valence-corrected chi connectivity index (χ2v) is 9.34. The Morgan fingerprint density at radius 1 is 1.34 bits per heavy atom. The van der Waals surface area contributed by atoms with Crippen molar-refractivity contribution < 1.29 is 14.6 Å². The Morgan fingerprint density at radius 3 is 2.75 bits per heavy atom. The van der Waals surface area contributed by atoms with Crippen LogP contribution in [0.3, 0.4) is 0 Å². The SMILES string of the molecule is CCOC(=O)C1=C(C)N=c2s/c(=C/c3cc(Cl)cc(Br)c3O)c(=O)n2[C@H]1c1ccccc1. The second-order valence-electron chi connectivity index (χ2n) is 7.04. The standard InChI is InChI=1S/C23H18BrClN2O4S/c1-3-31-22(30)18-12(2)26-23-27(19(18)13-7-5-4-6-8-13)21(29)17(32-23)10-14-9-15(25)11-16(24)20(14)28/h4-11,19,28H,3H2,1-2H3/b17-10+/t19-/m0/s1. The van der Waals surface area contributed by atoms with Crippen LogP contribution < -0.4 is 14.9 Å². The summed E-state index contributed by atoms with van der Waals surface area (Å²) in [7, 11) is 0. The van der Waals surface area contributed by atoms with Gasteiger partial charge in [-0.3, -0.25) is 9.36 Å².